The maximum atomic E-state index is 10.9. The van der Waals surface area contributed by atoms with Crippen molar-refractivity contribution in [2.24, 2.45) is 0 Å². The Morgan fingerprint density at radius 2 is 1.83 bits per heavy atom. The summed E-state index contributed by atoms with van der Waals surface area (Å²) in [6, 6.07) is -4.57. The second-order valence-corrected chi connectivity index (χ2v) is 5.11. The molecule has 0 heterocycles. The molecule has 0 aliphatic carbocycles. The lowest BCUT2D eigenvalue weighted by atomic mass is 10.1. The Morgan fingerprint density at radius 3 is 2.63 bits per heavy atom. The Morgan fingerprint density at radius 1 is 1.07 bits per heavy atom. The standard InChI is InChI=1S/C25H37NO4/c27-20-23-18-22(13-14-24(23)28)25(29)19-26-15-7-1-2-8-16-30-17-9-6-12-21-10-4-3-5-11-21/h3-5,10-11,13-14,18,25-29H,1-2,6-9,12,15-17,19-20H2/i3D,6D2,7D2,8D2,9D2,10D,11D,12D2,13D,14D,15D2,16D2,17D2,18D,19D2,25D. The molecular weight excluding hydrogens is 378 g/mol. The van der Waals surface area contributed by atoms with Crippen LogP contribution in [0.25, 0.3) is 0 Å². The number of aliphatic hydroxyl groups excluding tert-OH is 1. The second-order valence-electron chi connectivity index (χ2n) is 5.11. The fourth-order valence-electron chi connectivity index (χ4n) is 1.70. The maximum Gasteiger partial charge on any atom is 0.121 e. The summed E-state index contributed by atoms with van der Waals surface area (Å²) in [6.45, 7) is -17.2. The number of benzene rings is 2. The molecule has 166 valence electrons. The van der Waals surface area contributed by atoms with Crippen LogP contribution in [0.15, 0.2) is 48.4 Å². The predicted molar refractivity (Wildman–Crippen MR) is 121 cm³/mol. The lowest BCUT2D eigenvalue weighted by Gasteiger charge is -2.14. The highest BCUT2D eigenvalue weighted by Gasteiger charge is 2.09. The predicted octanol–water partition coefficient (Wildman–Crippen LogP) is 4.11. The molecule has 5 nitrogen and oxygen atoms in total. The maximum absolute atomic E-state index is 10.9. The van der Waals surface area contributed by atoms with E-state index in [4.69, 9.17) is 34.3 Å². The van der Waals surface area contributed by atoms with Gasteiger partial charge in [0.1, 0.15) is 5.75 Å². The Kier molecular flexibility index (Phi) is 3.51. The van der Waals surface area contributed by atoms with Gasteiger partial charge >= 0.3 is 0 Å². The van der Waals surface area contributed by atoms with Gasteiger partial charge in [0.15, 0.2) is 0 Å². The van der Waals surface area contributed by atoms with Gasteiger partial charge in [-0.2, -0.15) is 0 Å². The van der Waals surface area contributed by atoms with E-state index >= 15 is 0 Å². The molecule has 0 radical (unpaired) electrons. The van der Waals surface area contributed by atoms with Crippen molar-refractivity contribution in [1.82, 2.24) is 5.32 Å². The van der Waals surface area contributed by atoms with Crippen LogP contribution in [0.1, 0.15) is 95.4 Å². The molecule has 0 aliphatic heterocycles. The van der Waals surface area contributed by atoms with Gasteiger partial charge in [-0.25, -0.2) is 0 Å². The van der Waals surface area contributed by atoms with Crippen LogP contribution in [-0.2, 0) is 17.7 Å². The first-order chi connectivity index (χ1) is 24.2. The first-order valence-electron chi connectivity index (χ1n) is 20.9. The summed E-state index contributed by atoms with van der Waals surface area (Å²) in [7, 11) is 0. The molecule has 0 spiro atoms. The van der Waals surface area contributed by atoms with Gasteiger partial charge in [-0.3, -0.25) is 0 Å². The summed E-state index contributed by atoms with van der Waals surface area (Å²) < 4.78 is 207. The lowest BCUT2D eigenvalue weighted by molar-refractivity contribution is 0.126. The quantitative estimate of drug-likeness (QED) is 0.316. The molecule has 0 aromatic heterocycles. The normalized spacial score (nSPS) is 29.7. The average Bonchev–Trinajstić information content (AvgIpc) is 2.97. The van der Waals surface area contributed by atoms with Crippen molar-refractivity contribution in [3.63, 3.8) is 0 Å². The molecule has 4 N–H and O–H groups in total. The molecule has 5 heteroatoms. The molecule has 0 fully saturated rings. The molecular formula is C25H37NO4. The number of ether oxygens (including phenoxy) is 1. The lowest BCUT2D eigenvalue weighted by Crippen LogP contribution is -2.22. The highest BCUT2D eigenvalue weighted by molar-refractivity contribution is 5.36. The molecule has 0 bridgehead atoms. The number of phenols is 1. The molecule has 0 amide bonds. The van der Waals surface area contributed by atoms with Gasteiger partial charge in [0.2, 0.25) is 0 Å². The van der Waals surface area contributed by atoms with Crippen molar-refractivity contribution >= 4 is 0 Å². The minimum atomic E-state index is -4.30. The van der Waals surface area contributed by atoms with Crippen molar-refractivity contribution in [2.45, 2.75) is 57.4 Å². The van der Waals surface area contributed by atoms with Crippen LogP contribution in [0.4, 0.5) is 0 Å². The summed E-state index contributed by atoms with van der Waals surface area (Å²) in [5.41, 5.74) is -3.28. The molecule has 30 heavy (non-hydrogen) atoms. The highest BCUT2D eigenvalue weighted by Crippen LogP contribution is 2.22. The largest absolute Gasteiger partial charge is 0.508 e. The van der Waals surface area contributed by atoms with Crippen LogP contribution in [0.5, 0.6) is 5.75 Å². The minimum Gasteiger partial charge on any atom is -0.508 e. The SMILES string of the molecule is [2H]c1cc([2H])c(C([2H])([2H])C([2H])([2H])C([2H])([2H])C([2H])([2H])OC([2H])([2H])C([2H])([2H])CCC([2H])([2H])C([2H])([2H])NC([2H])([2H])C([2H])(O)c2c([2H])c([2H])c(O)c(CO)c2[2H])c([2H])c1. The number of rotatable bonds is 16. The minimum absolute atomic E-state index is 0.461. The Bertz CT molecular complexity index is 1740. The van der Waals surface area contributed by atoms with Gasteiger partial charge in [-0.1, -0.05) is 49.1 Å². The summed E-state index contributed by atoms with van der Waals surface area (Å²) in [4.78, 5) is 0. The summed E-state index contributed by atoms with van der Waals surface area (Å²) in [5, 5.41) is 31.7. The number of hydrogen-bond donors (Lipinski definition) is 4. The summed E-state index contributed by atoms with van der Waals surface area (Å²) in [5.74, 6) is -1.11. The van der Waals surface area contributed by atoms with E-state index in [2.05, 4.69) is 4.74 Å². The number of nitrogens with one attached hydrogen (secondary N) is 1. The van der Waals surface area contributed by atoms with E-state index in [-0.39, 0.29) is 0 Å². The van der Waals surface area contributed by atoms with E-state index in [1.54, 1.807) is 0 Å². The zero-order valence-corrected chi connectivity index (χ0v) is 15.5. The number of aromatic hydroxyl groups is 1. The monoisotopic (exact) mass is 440 g/mol. The fraction of sp³-hybridized carbons (Fsp3) is 0.520. The van der Waals surface area contributed by atoms with Crippen LogP contribution in [-0.4, -0.2) is 41.4 Å². The summed E-state index contributed by atoms with van der Waals surface area (Å²) >= 11 is 0. The van der Waals surface area contributed by atoms with E-state index in [0.717, 1.165) is 0 Å². The van der Waals surface area contributed by atoms with Crippen LogP contribution < -0.4 is 5.32 Å². The zero-order chi connectivity index (χ0) is 43.7. The molecule has 2 rings (SSSR count). The van der Waals surface area contributed by atoms with Crippen LogP contribution in [0.3, 0.4) is 0 Å². The van der Waals surface area contributed by atoms with E-state index in [1.165, 1.54) is 5.32 Å². The second kappa shape index (κ2) is 15.0. The molecule has 0 saturated heterocycles. The average molecular weight is 441 g/mol. The third-order valence-electron chi connectivity index (χ3n) is 3.04. The first-order valence-corrected chi connectivity index (χ1v) is 8.39. The van der Waals surface area contributed by atoms with E-state index < -0.39 is 142 Å². The van der Waals surface area contributed by atoms with E-state index in [1.807, 2.05) is 0 Å². The van der Waals surface area contributed by atoms with Gasteiger partial charge in [0.05, 0.1) is 27.8 Å². The number of hydrogen-bond acceptors (Lipinski definition) is 5. The van der Waals surface area contributed by atoms with Gasteiger partial charge in [0, 0.05) is 44.4 Å². The van der Waals surface area contributed by atoms with Crippen LogP contribution in [0.2, 0.25) is 0 Å². The van der Waals surface area contributed by atoms with Crippen molar-refractivity contribution in [3.05, 3.63) is 65.1 Å². The molecule has 2 aromatic rings. The van der Waals surface area contributed by atoms with Gasteiger partial charge in [0.25, 0.3) is 0 Å². The van der Waals surface area contributed by atoms with Crippen LogP contribution in [0, 0.1) is 0 Å². The molecule has 0 saturated carbocycles. The van der Waals surface area contributed by atoms with Crippen molar-refractivity contribution in [1.29, 1.82) is 0 Å². The third kappa shape index (κ3) is 9.72. The van der Waals surface area contributed by atoms with Gasteiger partial charge < -0.3 is 25.4 Å². The third-order valence-corrected chi connectivity index (χ3v) is 3.04. The zero-order valence-electron chi connectivity index (χ0n) is 40.5. The highest BCUT2D eigenvalue weighted by atomic mass is 16.5. The Labute approximate surface area is 215 Å². The van der Waals surface area contributed by atoms with Crippen molar-refractivity contribution < 1.29 is 54.3 Å². The fourth-order valence-corrected chi connectivity index (χ4v) is 1.70. The smallest absolute Gasteiger partial charge is 0.121 e. The topological polar surface area (TPSA) is 82.0 Å². The van der Waals surface area contributed by atoms with E-state index in [0.29, 0.717) is 12.1 Å². The molecule has 2 aromatic carbocycles. The van der Waals surface area contributed by atoms with Crippen molar-refractivity contribution in [2.75, 3.05) is 26.1 Å². The van der Waals surface area contributed by atoms with Crippen molar-refractivity contribution in [3.8, 4) is 5.75 Å². The molecule has 0 aliphatic rings. The van der Waals surface area contributed by atoms with E-state index in [9.17, 15) is 15.3 Å². The summed E-state index contributed by atoms with van der Waals surface area (Å²) in [6.07, 6.45) is -26.2. The molecule has 1 unspecified atom stereocenters. The number of aliphatic hydroxyl groups is 2. The Hall–Kier alpha value is -1.92. The Balaban J connectivity index is 2.42. The molecule has 1 atom stereocenters. The van der Waals surface area contributed by atoms with Gasteiger partial charge in [-0.15, -0.1) is 0 Å². The van der Waals surface area contributed by atoms with Crippen LogP contribution >= 0.6 is 0 Å². The van der Waals surface area contributed by atoms with Gasteiger partial charge in [-0.05, 0) is 61.6 Å². The first kappa shape index (κ1) is 7.04.